The number of hydrogen-bond donors (Lipinski definition) is 0. The van der Waals surface area contributed by atoms with Crippen molar-refractivity contribution in [3.63, 3.8) is 0 Å². The van der Waals surface area contributed by atoms with E-state index in [-0.39, 0.29) is 11.7 Å². The SMILES string of the molecule is CC=CC1COC(C#Cc2ccc(-c3ccc(OC(F)(F)F)cc3)nc2)OC1. The molecule has 0 bridgehead atoms. The predicted molar refractivity (Wildman–Crippen MR) is 97.2 cm³/mol. The van der Waals surface area contributed by atoms with E-state index < -0.39 is 12.7 Å². The van der Waals surface area contributed by atoms with Crippen LogP contribution in [-0.4, -0.2) is 30.9 Å². The third kappa shape index (κ3) is 5.84. The van der Waals surface area contributed by atoms with Crippen molar-refractivity contribution in [3.05, 3.63) is 60.3 Å². The molecular weight excluding hydrogens is 371 g/mol. The number of aromatic nitrogens is 1. The highest BCUT2D eigenvalue weighted by Crippen LogP contribution is 2.25. The van der Waals surface area contributed by atoms with E-state index in [0.717, 1.165) is 0 Å². The molecule has 1 saturated heterocycles. The van der Waals surface area contributed by atoms with Crippen molar-refractivity contribution in [2.24, 2.45) is 5.92 Å². The van der Waals surface area contributed by atoms with Gasteiger partial charge in [-0.1, -0.05) is 18.1 Å². The summed E-state index contributed by atoms with van der Waals surface area (Å²) in [7, 11) is 0. The fourth-order valence-corrected chi connectivity index (χ4v) is 2.59. The van der Waals surface area contributed by atoms with E-state index in [0.29, 0.717) is 30.0 Å². The molecule has 1 aromatic carbocycles. The molecule has 0 radical (unpaired) electrons. The lowest BCUT2D eigenvalue weighted by Gasteiger charge is -2.24. The Labute approximate surface area is 160 Å². The van der Waals surface area contributed by atoms with Crippen molar-refractivity contribution < 1.29 is 27.4 Å². The number of rotatable bonds is 3. The van der Waals surface area contributed by atoms with Gasteiger partial charge in [-0.3, -0.25) is 4.98 Å². The molecule has 7 heteroatoms. The highest BCUT2D eigenvalue weighted by molar-refractivity contribution is 5.60. The van der Waals surface area contributed by atoms with Crippen LogP contribution < -0.4 is 4.74 Å². The summed E-state index contributed by atoms with van der Waals surface area (Å²) in [6.07, 6.45) is 0.317. The summed E-state index contributed by atoms with van der Waals surface area (Å²) < 4.78 is 51.5. The Morgan fingerprint density at radius 1 is 1.11 bits per heavy atom. The first-order chi connectivity index (χ1) is 13.4. The lowest BCUT2D eigenvalue weighted by molar-refractivity contribution is -0.274. The maximum absolute atomic E-state index is 12.2. The highest BCUT2D eigenvalue weighted by Gasteiger charge is 2.30. The van der Waals surface area contributed by atoms with Gasteiger partial charge in [0.1, 0.15) is 5.75 Å². The lowest BCUT2D eigenvalue weighted by atomic mass is 10.1. The minimum Gasteiger partial charge on any atom is -0.406 e. The zero-order chi connectivity index (χ0) is 20.0. The summed E-state index contributed by atoms with van der Waals surface area (Å²) in [6.45, 7) is 3.08. The van der Waals surface area contributed by atoms with Crippen LogP contribution in [0.15, 0.2) is 54.7 Å². The first kappa shape index (κ1) is 19.9. The topological polar surface area (TPSA) is 40.6 Å². The largest absolute Gasteiger partial charge is 0.573 e. The number of alkyl halides is 3. The first-order valence-corrected chi connectivity index (χ1v) is 8.63. The van der Waals surface area contributed by atoms with Gasteiger partial charge in [-0.15, -0.1) is 13.2 Å². The zero-order valence-corrected chi connectivity index (χ0v) is 15.1. The van der Waals surface area contributed by atoms with Crippen molar-refractivity contribution >= 4 is 0 Å². The molecule has 0 unspecified atom stereocenters. The Hall–Kier alpha value is -2.82. The van der Waals surface area contributed by atoms with Gasteiger partial charge in [-0.05, 0) is 49.2 Å². The Morgan fingerprint density at radius 2 is 1.82 bits per heavy atom. The van der Waals surface area contributed by atoms with Crippen LogP contribution in [0, 0.1) is 17.8 Å². The molecule has 2 aromatic rings. The van der Waals surface area contributed by atoms with Gasteiger partial charge in [-0.25, -0.2) is 0 Å². The second kappa shape index (κ2) is 8.91. The van der Waals surface area contributed by atoms with Crippen LogP contribution >= 0.6 is 0 Å². The number of allylic oxidation sites excluding steroid dienone is 1. The number of benzene rings is 1. The molecule has 0 N–H and O–H groups in total. The third-order valence-electron chi connectivity index (χ3n) is 3.87. The van der Waals surface area contributed by atoms with Gasteiger partial charge in [0.15, 0.2) is 0 Å². The predicted octanol–water partition coefficient (Wildman–Crippen LogP) is 4.56. The molecule has 2 heterocycles. The summed E-state index contributed by atoms with van der Waals surface area (Å²) in [6, 6.07) is 9.04. The smallest absolute Gasteiger partial charge is 0.406 e. The molecular formula is C21H18F3NO3. The van der Waals surface area contributed by atoms with Crippen LogP contribution in [0.1, 0.15) is 12.5 Å². The molecule has 0 aliphatic carbocycles. The Bertz CT molecular complexity index is 857. The average Bonchev–Trinajstić information content (AvgIpc) is 2.68. The highest BCUT2D eigenvalue weighted by atomic mass is 19.4. The van der Waals surface area contributed by atoms with Crippen LogP contribution in [0.5, 0.6) is 5.75 Å². The summed E-state index contributed by atoms with van der Waals surface area (Å²) in [5, 5.41) is 0. The van der Waals surface area contributed by atoms with E-state index in [9.17, 15) is 13.2 Å². The standard InChI is InChI=1S/C21H18F3NO3/c1-2-3-16-13-26-20(27-14-16)11-5-15-4-10-19(25-12-15)17-6-8-18(9-7-17)28-21(22,23)24/h2-4,6-10,12,16,20H,13-14H2,1H3. The molecule has 0 amide bonds. The Balaban J connectivity index is 1.60. The average molecular weight is 389 g/mol. The van der Waals surface area contributed by atoms with Crippen molar-refractivity contribution in [1.29, 1.82) is 0 Å². The Kier molecular flexibility index (Phi) is 6.34. The third-order valence-corrected chi connectivity index (χ3v) is 3.87. The van der Waals surface area contributed by atoms with Crippen molar-refractivity contribution in [3.8, 4) is 28.8 Å². The van der Waals surface area contributed by atoms with Crippen LogP contribution in [-0.2, 0) is 9.47 Å². The van der Waals surface area contributed by atoms with E-state index in [1.807, 2.05) is 19.1 Å². The zero-order valence-electron chi connectivity index (χ0n) is 15.1. The van der Waals surface area contributed by atoms with Crippen LogP contribution in [0.3, 0.4) is 0 Å². The second-order valence-corrected chi connectivity index (χ2v) is 6.06. The quantitative estimate of drug-likeness (QED) is 0.570. The fourth-order valence-electron chi connectivity index (χ4n) is 2.59. The van der Waals surface area contributed by atoms with E-state index in [2.05, 4.69) is 21.6 Å². The molecule has 0 saturated carbocycles. The maximum atomic E-state index is 12.2. The lowest BCUT2D eigenvalue weighted by Crippen LogP contribution is -2.30. The van der Waals surface area contributed by atoms with Gasteiger partial charge >= 0.3 is 6.36 Å². The molecule has 28 heavy (non-hydrogen) atoms. The molecule has 146 valence electrons. The van der Waals surface area contributed by atoms with E-state index >= 15 is 0 Å². The van der Waals surface area contributed by atoms with E-state index in [1.165, 1.54) is 24.3 Å². The molecule has 1 fully saturated rings. The van der Waals surface area contributed by atoms with E-state index in [4.69, 9.17) is 9.47 Å². The number of pyridine rings is 1. The number of halogens is 3. The minimum absolute atomic E-state index is 0.247. The van der Waals surface area contributed by atoms with Gasteiger partial charge in [0, 0.05) is 23.2 Å². The van der Waals surface area contributed by atoms with Gasteiger partial charge in [0.05, 0.1) is 18.9 Å². The minimum atomic E-state index is -4.71. The molecule has 1 aliphatic rings. The van der Waals surface area contributed by atoms with Crippen molar-refractivity contribution in [2.75, 3.05) is 13.2 Å². The Morgan fingerprint density at radius 3 is 2.39 bits per heavy atom. The number of nitrogens with zero attached hydrogens (tertiary/aromatic N) is 1. The van der Waals surface area contributed by atoms with Crippen LogP contribution in [0.25, 0.3) is 11.3 Å². The summed E-state index contributed by atoms with van der Waals surface area (Å²) in [5.41, 5.74) is 1.97. The maximum Gasteiger partial charge on any atom is 0.573 e. The summed E-state index contributed by atoms with van der Waals surface area (Å²) >= 11 is 0. The van der Waals surface area contributed by atoms with Gasteiger partial charge in [0.25, 0.3) is 0 Å². The molecule has 1 aliphatic heterocycles. The van der Waals surface area contributed by atoms with Gasteiger partial charge in [0.2, 0.25) is 6.29 Å². The summed E-state index contributed by atoms with van der Waals surface area (Å²) in [4.78, 5) is 4.30. The monoisotopic (exact) mass is 389 g/mol. The summed E-state index contributed by atoms with van der Waals surface area (Å²) in [5.74, 6) is 5.83. The van der Waals surface area contributed by atoms with Crippen molar-refractivity contribution in [1.82, 2.24) is 4.98 Å². The normalized spacial score (nSPS) is 19.9. The van der Waals surface area contributed by atoms with Crippen molar-refractivity contribution in [2.45, 2.75) is 19.6 Å². The molecule has 0 spiro atoms. The van der Waals surface area contributed by atoms with Crippen LogP contribution in [0.2, 0.25) is 0 Å². The molecule has 4 nitrogen and oxygen atoms in total. The van der Waals surface area contributed by atoms with E-state index in [1.54, 1.807) is 18.3 Å². The molecule has 0 atom stereocenters. The second-order valence-electron chi connectivity index (χ2n) is 6.06. The van der Waals surface area contributed by atoms with Crippen LogP contribution in [0.4, 0.5) is 13.2 Å². The number of hydrogen-bond acceptors (Lipinski definition) is 4. The number of ether oxygens (including phenoxy) is 3. The fraction of sp³-hybridized carbons (Fsp3) is 0.286. The molecule has 1 aromatic heterocycles. The van der Waals surface area contributed by atoms with Gasteiger partial charge in [-0.2, -0.15) is 0 Å². The molecule has 3 rings (SSSR count). The van der Waals surface area contributed by atoms with Gasteiger partial charge < -0.3 is 14.2 Å². The first-order valence-electron chi connectivity index (χ1n) is 8.63.